The van der Waals surface area contributed by atoms with Crippen LogP contribution in [-0.2, 0) is 11.2 Å². The van der Waals surface area contributed by atoms with E-state index in [1.165, 1.54) is 25.1 Å². The van der Waals surface area contributed by atoms with E-state index in [-0.39, 0.29) is 0 Å². The molecule has 0 saturated carbocycles. The van der Waals surface area contributed by atoms with Crippen molar-refractivity contribution in [1.29, 1.82) is 0 Å². The maximum absolute atomic E-state index is 11.9. The summed E-state index contributed by atoms with van der Waals surface area (Å²) in [6.07, 6.45) is 2.59. The van der Waals surface area contributed by atoms with Crippen molar-refractivity contribution in [2.45, 2.75) is 26.3 Å². The van der Waals surface area contributed by atoms with E-state index < -0.39 is 18.1 Å². The number of rotatable bonds is 6. The number of nitrogens with zero attached hydrogens (tertiary/aromatic N) is 1. The van der Waals surface area contributed by atoms with E-state index >= 15 is 0 Å². The van der Waals surface area contributed by atoms with Gasteiger partial charge >= 0.3 is 12.1 Å². The maximum Gasteiger partial charge on any atom is 0.411 e. The molecule has 2 aromatic rings. The Hall–Kier alpha value is -3.48. The lowest BCUT2D eigenvalue weighted by Gasteiger charge is -2.32. The zero-order valence-electron chi connectivity index (χ0n) is 16.5. The van der Waals surface area contributed by atoms with E-state index in [0.29, 0.717) is 24.5 Å². The van der Waals surface area contributed by atoms with Crippen LogP contribution in [0, 0.1) is 0 Å². The quantitative estimate of drug-likeness (QED) is 0.579. The lowest BCUT2D eigenvalue weighted by molar-refractivity contribution is -0.132. The van der Waals surface area contributed by atoms with Crippen LogP contribution >= 0.6 is 0 Å². The fourth-order valence-electron chi connectivity index (χ4n) is 3.39. The Balaban J connectivity index is 2.03. The largest absolute Gasteiger partial charge is 0.494 e. The molecule has 0 fully saturated rings. The molecule has 1 atom stereocenters. The fraction of sp³-hybridized carbons (Fsp3) is 0.273. The van der Waals surface area contributed by atoms with Crippen molar-refractivity contribution in [2.24, 2.45) is 0 Å². The second-order valence-electron chi connectivity index (χ2n) is 6.53. The number of hydrogen-bond acceptors (Lipinski definition) is 5. The molecule has 3 rings (SSSR count). The van der Waals surface area contributed by atoms with Gasteiger partial charge in [-0.3, -0.25) is 9.69 Å². The van der Waals surface area contributed by atoms with Gasteiger partial charge in [0.25, 0.3) is 0 Å². The summed E-state index contributed by atoms with van der Waals surface area (Å²) in [6.45, 7) is 3.78. The Labute approximate surface area is 169 Å². The predicted octanol–water partition coefficient (Wildman–Crippen LogP) is 4.27. The topological polar surface area (TPSA) is 85.3 Å². The number of fused-ring (bicyclic) bond motifs is 1. The molecule has 7 nitrogen and oxygen atoms in total. The monoisotopic (exact) mass is 397 g/mol. The summed E-state index contributed by atoms with van der Waals surface area (Å²) >= 11 is 0. The number of carbonyl (C=O) groups excluding carboxylic acids is 1. The predicted molar refractivity (Wildman–Crippen MR) is 107 cm³/mol. The van der Waals surface area contributed by atoms with E-state index in [4.69, 9.17) is 14.2 Å². The first-order chi connectivity index (χ1) is 13.9. The lowest BCUT2D eigenvalue weighted by Crippen LogP contribution is -2.32. The summed E-state index contributed by atoms with van der Waals surface area (Å²) in [4.78, 5) is 24.5. The van der Waals surface area contributed by atoms with E-state index in [1.807, 2.05) is 31.2 Å². The fourth-order valence-corrected chi connectivity index (χ4v) is 3.39. The number of carbonyl (C=O) groups is 2. The van der Waals surface area contributed by atoms with Crippen LogP contribution in [0.2, 0.25) is 0 Å². The lowest BCUT2D eigenvalue weighted by atomic mass is 9.91. The Kier molecular flexibility index (Phi) is 6.07. The average molecular weight is 397 g/mol. The molecule has 29 heavy (non-hydrogen) atoms. The Bertz CT molecular complexity index is 952. The molecule has 152 valence electrons. The molecule has 7 heteroatoms. The SMILES string of the molecule is CCOc1cccc(CC2c3cc(OC)c(OC(C)=O)cc3C=CN2C(=O)O)c1. The maximum atomic E-state index is 11.9. The average Bonchev–Trinajstić information content (AvgIpc) is 2.67. The number of amides is 1. The van der Waals surface area contributed by atoms with Crippen LogP contribution in [0.3, 0.4) is 0 Å². The van der Waals surface area contributed by atoms with Gasteiger partial charge in [-0.15, -0.1) is 0 Å². The molecule has 0 spiro atoms. The molecule has 1 heterocycles. The molecule has 2 aromatic carbocycles. The molecule has 0 radical (unpaired) electrons. The Morgan fingerprint density at radius 3 is 2.62 bits per heavy atom. The van der Waals surface area contributed by atoms with Crippen LogP contribution in [0.25, 0.3) is 6.08 Å². The number of esters is 1. The second kappa shape index (κ2) is 8.68. The Morgan fingerprint density at radius 1 is 1.17 bits per heavy atom. The molecular weight excluding hydrogens is 374 g/mol. The third-order valence-corrected chi connectivity index (χ3v) is 4.59. The number of benzene rings is 2. The number of ether oxygens (including phenoxy) is 3. The van der Waals surface area contributed by atoms with Crippen LogP contribution in [0.5, 0.6) is 17.2 Å². The van der Waals surface area contributed by atoms with Gasteiger partial charge in [-0.2, -0.15) is 0 Å². The first-order valence-electron chi connectivity index (χ1n) is 9.24. The standard InChI is InChI=1S/C22H23NO6/c1-4-28-17-7-5-6-15(10-17)11-19-18-13-20(27-3)21(29-14(2)24)12-16(18)8-9-23(19)22(25)26/h5-10,12-13,19H,4,11H2,1-3H3,(H,25,26). The summed E-state index contributed by atoms with van der Waals surface area (Å²) in [5.41, 5.74) is 2.48. The summed E-state index contributed by atoms with van der Waals surface area (Å²) in [5, 5.41) is 9.70. The van der Waals surface area contributed by atoms with Crippen LogP contribution < -0.4 is 14.2 Å². The minimum Gasteiger partial charge on any atom is -0.494 e. The van der Waals surface area contributed by atoms with Gasteiger partial charge in [0.1, 0.15) is 5.75 Å². The smallest absolute Gasteiger partial charge is 0.411 e. The molecule has 1 unspecified atom stereocenters. The molecule has 1 amide bonds. The van der Waals surface area contributed by atoms with Crippen LogP contribution in [-0.4, -0.2) is 35.8 Å². The van der Waals surface area contributed by atoms with Gasteiger partial charge in [-0.05, 0) is 60.4 Å². The van der Waals surface area contributed by atoms with Gasteiger partial charge < -0.3 is 19.3 Å². The van der Waals surface area contributed by atoms with Gasteiger partial charge in [-0.1, -0.05) is 12.1 Å². The van der Waals surface area contributed by atoms with Crippen molar-refractivity contribution in [1.82, 2.24) is 4.90 Å². The third-order valence-electron chi connectivity index (χ3n) is 4.59. The number of methoxy groups -OCH3 is 1. The number of carboxylic acid groups (broad SMARTS) is 1. The molecule has 0 aliphatic carbocycles. The first-order valence-corrected chi connectivity index (χ1v) is 9.24. The molecular formula is C22H23NO6. The summed E-state index contributed by atoms with van der Waals surface area (Å²) < 4.78 is 16.2. The van der Waals surface area contributed by atoms with E-state index in [2.05, 4.69) is 0 Å². The van der Waals surface area contributed by atoms with Crippen molar-refractivity contribution in [3.05, 3.63) is 59.3 Å². The van der Waals surface area contributed by atoms with Crippen molar-refractivity contribution in [2.75, 3.05) is 13.7 Å². The van der Waals surface area contributed by atoms with Gasteiger partial charge in [0.15, 0.2) is 11.5 Å². The first kappa shape index (κ1) is 20.3. The van der Waals surface area contributed by atoms with Gasteiger partial charge in [0.05, 0.1) is 19.8 Å². The van der Waals surface area contributed by atoms with Gasteiger partial charge in [-0.25, -0.2) is 4.79 Å². The van der Waals surface area contributed by atoms with Crippen LogP contribution in [0.1, 0.15) is 36.6 Å². The highest BCUT2D eigenvalue weighted by molar-refractivity contribution is 5.75. The van der Waals surface area contributed by atoms with Crippen molar-refractivity contribution in [3.63, 3.8) is 0 Å². The van der Waals surface area contributed by atoms with Crippen molar-refractivity contribution >= 4 is 18.1 Å². The Morgan fingerprint density at radius 2 is 1.97 bits per heavy atom. The minimum atomic E-state index is -1.05. The van der Waals surface area contributed by atoms with Gasteiger partial charge in [0, 0.05) is 13.1 Å². The molecule has 0 aromatic heterocycles. The normalized spacial score (nSPS) is 14.9. The highest BCUT2D eigenvalue weighted by atomic mass is 16.6. The van der Waals surface area contributed by atoms with Gasteiger partial charge in [0.2, 0.25) is 0 Å². The molecule has 1 aliphatic heterocycles. The second-order valence-corrected chi connectivity index (χ2v) is 6.53. The number of hydrogen-bond donors (Lipinski definition) is 1. The molecule has 1 aliphatic rings. The minimum absolute atomic E-state index is 0.296. The zero-order chi connectivity index (χ0) is 21.0. The van der Waals surface area contributed by atoms with Crippen LogP contribution in [0.4, 0.5) is 4.79 Å². The summed E-state index contributed by atoms with van der Waals surface area (Å²) in [6, 6.07) is 10.5. The molecule has 0 saturated heterocycles. The molecule has 1 N–H and O–H groups in total. The molecule has 0 bridgehead atoms. The van der Waals surface area contributed by atoms with E-state index in [0.717, 1.165) is 22.4 Å². The van der Waals surface area contributed by atoms with E-state index in [9.17, 15) is 14.7 Å². The van der Waals surface area contributed by atoms with Crippen molar-refractivity contribution < 1.29 is 28.9 Å². The third kappa shape index (κ3) is 4.51. The highest BCUT2D eigenvalue weighted by Gasteiger charge is 2.30. The summed E-state index contributed by atoms with van der Waals surface area (Å²) in [7, 11) is 1.48. The summed E-state index contributed by atoms with van der Waals surface area (Å²) in [5.74, 6) is 0.942. The van der Waals surface area contributed by atoms with Crippen molar-refractivity contribution in [3.8, 4) is 17.2 Å². The van der Waals surface area contributed by atoms with E-state index in [1.54, 1.807) is 18.2 Å². The zero-order valence-corrected chi connectivity index (χ0v) is 16.5. The van der Waals surface area contributed by atoms with Crippen LogP contribution in [0.15, 0.2) is 42.6 Å². The highest BCUT2D eigenvalue weighted by Crippen LogP contribution is 2.40.